The van der Waals surface area contributed by atoms with Gasteiger partial charge in [-0.05, 0) is 65.8 Å². The number of nitrogens with zero attached hydrogens (tertiary/aromatic N) is 1. The second-order valence-electron chi connectivity index (χ2n) is 7.08. The van der Waals surface area contributed by atoms with Crippen LogP contribution in [-0.4, -0.2) is 4.98 Å². The quantitative estimate of drug-likeness (QED) is 0.645. The van der Waals surface area contributed by atoms with Gasteiger partial charge < -0.3 is 10.2 Å². The average Bonchev–Trinajstić information content (AvgIpc) is 3.25. The van der Waals surface area contributed by atoms with Crippen LogP contribution < -0.4 is 11.2 Å². The molecule has 4 heteroatoms. The van der Waals surface area contributed by atoms with E-state index in [4.69, 9.17) is 10.2 Å². The van der Waals surface area contributed by atoms with Crippen LogP contribution in [-0.2, 0) is 0 Å². The third-order valence-electron chi connectivity index (χ3n) is 6.24. The Morgan fingerprint density at radius 3 is 2.95 bits per heavy atom. The second kappa shape index (κ2) is 3.19. The number of aromatic nitrogens is 1. The summed E-state index contributed by atoms with van der Waals surface area (Å²) in [7, 11) is 0. The molecule has 0 saturated heterocycles. The highest BCUT2D eigenvalue weighted by Gasteiger charge is 2.64. The largest absolute Gasteiger partial charge is 0.437 e. The standard InChI is InChI=1S/C18H14N2O2/c19-16-9-6-11-15(21)10-5-8(1-2-14(10)22-17(11)20-16)13-7-18(13)4-3-12(9)18/h1-2,5-6,12-13H,3-4,7H2,(H2,19,20)/t12-,13?,18?/m0/s1. The smallest absolute Gasteiger partial charge is 0.232 e. The van der Waals surface area contributed by atoms with Gasteiger partial charge in [0, 0.05) is 0 Å². The Bertz CT molecular complexity index is 1070. The zero-order valence-corrected chi connectivity index (χ0v) is 11.9. The van der Waals surface area contributed by atoms with E-state index in [9.17, 15) is 4.79 Å². The number of nitrogen functional groups attached to an aromatic ring is 1. The molecule has 22 heavy (non-hydrogen) atoms. The molecule has 2 fully saturated rings. The second-order valence-corrected chi connectivity index (χ2v) is 7.08. The van der Waals surface area contributed by atoms with E-state index in [1.165, 1.54) is 18.4 Å². The molecular formula is C18H14N2O2. The van der Waals surface area contributed by atoms with Crippen LogP contribution in [0.2, 0.25) is 0 Å². The lowest BCUT2D eigenvalue weighted by Crippen LogP contribution is -2.28. The molecule has 3 atom stereocenters. The van der Waals surface area contributed by atoms with Crippen LogP contribution in [0, 0.1) is 5.41 Å². The first-order chi connectivity index (χ1) is 10.7. The van der Waals surface area contributed by atoms with Crippen molar-refractivity contribution >= 4 is 27.9 Å². The van der Waals surface area contributed by atoms with E-state index in [0.717, 1.165) is 12.0 Å². The van der Waals surface area contributed by atoms with Crippen LogP contribution in [0.1, 0.15) is 42.2 Å². The van der Waals surface area contributed by atoms with Crippen LogP contribution in [0.5, 0.6) is 0 Å². The molecule has 2 heterocycles. The summed E-state index contributed by atoms with van der Waals surface area (Å²) in [5.41, 5.74) is 9.85. The Kier molecular flexibility index (Phi) is 1.63. The van der Waals surface area contributed by atoms with E-state index < -0.39 is 0 Å². The van der Waals surface area contributed by atoms with Crippen molar-refractivity contribution < 1.29 is 4.42 Å². The molecule has 3 aliphatic rings. The lowest BCUT2D eigenvalue weighted by Gasteiger charge is -2.39. The van der Waals surface area contributed by atoms with Gasteiger partial charge in [-0.2, -0.15) is 4.98 Å². The highest BCUT2D eigenvalue weighted by Crippen LogP contribution is 2.76. The summed E-state index contributed by atoms with van der Waals surface area (Å²) in [6, 6.07) is 8.01. The summed E-state index contributed by atoms with van der Waals surface area (Å²) >= 11 is 0. The number of pyridine rings is 1. The molecule has 2 aromatic heterocycles. The average molecular weight is 290 g/mol. The molecule has 4 nitrogen and oxygen atoms in total. The minimum absolute atomic E-state index is 0.0133. The number of nitrogens with two attached hydrogens (primary N) is 1. The minimum Gasteiger partial charge on any atom is -0.437 e. The normalized spacial score (nSPS) is 30.7. The van der Waals surface area contributed by atoms with Gasteiger partial charge in [0.15, 0.2) is 0 Å². The molecule has 2 N–H and O–H groups in total. The Balaban J connectivity index is 1.87. The number of hydrogen-bond donors (Lipinski definition) is 1. The fourth-order valence-electron chi connectivity index (χ4n) is 4.88. The number of anilines is 1. The van der Waals surface area contributed by atoms with Crippen molar-refractivity contribution in [2.75, 3.05) is 5.73 Å². The molecule has 0 aliphatic heterocycles. The van der Waals surface area contributed by atoms with Crippen molar-refractivity contribution in [3.8, 4) is 0 Å². The van der Waals surface area contributed by atoms with Gasteiger partial charge >= 0.3 is 0 Å². The van der Waals surface area contributed by atoms with Gasteiger partial charge in [0.2, 0.25) is 11.1 Å². The van der Waals surface area contributed by atoms with E-state index in [2.05, 4.69) is 11.1 Å². The molecule has 6 rings (SSSR count). The van der Waals surface area contributed by atoms with Gasteiger partial charge in [0.1, 0.15) is 11.4 Å². The first-order valence-corrected chi connectivity index (χ1v) is 7.84. The molecule has 3 aliphatic carbocycles. The maximum Gasteiger partial charge on any atom is 0.232 e. The SMILES string of the molecule is Nc1nc2oc3ccc4cc3c(=O)c2cc1[C@@H]1CCC12CC42. The lowest BCUT2D eigenvalue weighted by atomic mass is 9.65. The maximum atomic E-state index is 12.8. The molecule has 1 aromatic carbocycles. The van der Waals surface area contributed by atoms with Crippen molar-refractivity contribution in [3.63, 3.8) is 0 Å². The topological polar surface area (TPSA) is 69.1 Å². The summed E-state index contributed by atoms with van der Waals surface area (Å²) < 4.78 is 5.82. The molecule has 2 unspecified atom stereocenters. The first-order valence-electron chi connectivity index (χ1n) is 7.84. The molecule has 0 radical (unpaired) electrons. The van der Waals surface area contributed by atoms with Crippen molar-refractivity contribution in [3.05, 3.63) is 45.6 Å². The Hall–Kier alpha value is -2.36. The van der Waals surface area contributed by atoms with E-state index in [1.54, 1.807) is 0 Å². The summed E-state index contributed by atoms with van der Waals surface area (Å²) in [5.74, 6) is 1.51. The summed E-state index contributed by atoms with van der Waals surface area (Å²) in [4.78, 5) is 17.2. The predicted molar refractivity (Wildman–Crippen MR) is 84.0 cm³/mol. The molecule has 4 bridgehead atoms. The number of fused-ring (bicyclic) bond motifs is 4. The third-order valence-corrected chi connectivity index (χ3v) is 6.24. The van der Waals surface area contributed by atoms with Gasteiger partial charge in [-0.25, -0.2) is 0 Å². The van der Waals surface area contributed by atoms with Gasteiger partial charge in [0.25, 0.3) is 0 Å². The Morgan fingerprint density at radius 2 is 2.14 bits per heavy atom. The zero-order chi connectivity index (χ0) is 14.6. The predicted octanol–water partition coefficient (Wildman–Crippen LogP) is 3.29. The highest BCUT2D eigenvalue weighted by molar-refractivity contribution is 5.90. The van der Waals surface area contributed by atoms with E-state index in [0.29, 0.717) is 45.1 Å². The van der Waals surface area contributed by atoms with Gasteiger partial charge in [-0.15, -0.1) is 0 Å². The lowest BCUT2D eigenvalue weighted by molar-refractivity contribution is 0.218. The maximum absolute atomic E-state index is 12.8. The van der Waals surface area contributed by atoms with Crippen LogP contribution in [0.25, 0.3) is 22.1 Å². The highest BCUT2D eigenvalue weighted by atomic mass is 16.3. The molecule has 3 aromatic rings. The Morgan fingerprint density at radius 1 is 1.23 bits per heavy atom. The number of rotatable bonds is 0. The van der Waals surface area contributed by atoms with Crippen molar-refractivity contribution in [1.82, 2.24) is 4.98 Å². The number of benzene rings is 1. The monoisotopic (exact) mass is 290 g/mol. The fraction of sp³-hybridized carbons (Fsp3) is 0.333. The molecule has 0 amide bonds. The Labute approximate surface area is 125 Å². The van der Waals surface area contributed by atoms with Crippen molar-refractivity contribution in [2.24, 2.45) is 5.41 Å². The van der Waals surface area contributed by atoms with Gasteiger partial charge in [-0.1, -0.05) is 6.07 Å². The summed E-state index contributed by atoms with van der Waals surface area (Å²) in [5, 5.41) is 1.23. The number of hydrogen-bond acceptors (Lipinski definition) is 4. The van der Waals surface area contributed by atoms with Crippen molar-refractivity contribution in [1.29, 1.82) is 0 Å². The van der Waals surface area contributed by atoms with Crippen LogP contribution in [0.4, 0.5) is 5.82 Å². The van der Waals surface area contributed by atoms with Crippen LogP contribution in [0.15, 0.2) is 33.5 Å². The van der Waals surface area contributed by atoms with E-state index >= 15 is 0 Å². The van der Waals surface area contributed by atoms with E-state index in [-0.39, 0.29) is 5.43 Å². The third kappa shape index (κ3) is 1.07. The zero-order valence-electron chi connectivity index (χ0n) is 11.9. The van der Waals surface area contributed by atoms with Gasteiger partial charge in [-0.3, -0.25) is 4.79 Å². The summed E-state index contributed by atoms with van der Waals surface area (Å²) in [6.07, 6.45) is 3.59. The molecule has 108 valence electrons. The van der Waals surface area contributed by atoms with Crippen LogP contribution in [0.3, 0.4) is 0 Å². The van der Waals surface area contributed by atoms with Crippen LogP contribution >= 0.6 is 0 Å². The first kappa shape index (κ1) is 11.2. The summed E-state index contributed by atoms with van der Waals surface area (Å²) in [6.45, 7) is 0. The molecular weight excluding hydrogens is 276 g/mol. The minimum atomic E-state index is 0.0133. The van der Waals surface area contributed by atoms with Gasteiger partial charge in [0.05, 0.1) is 10.8 Å². The fourth-order valence-corrected chi connectivity index (χ4v) is 4.88. The molecule has 1 spiro atoms. The van der Waals surface area contributed by atoms with E-state index in [1.807, 2.05) is 18.2 Å². The van der Waals surface area contributed by atoms with Crippen molar-refractivity contribution in [2.45, 2.75) is 31.1 Å². The molecule has 2 saturated carbocycles.